The molecule has 0 radical (unpaired) electrons. The smallest absolute Gasteiger partial charge is 0.325 e. The summed E-state index contributed by atoms with van der Waals surface area (Å²) in [5, 5.41) is 21.2. The van der Waals surface area contributed by atoms with Crippen LogP contribution in [0.15, 0.2) is 22.3 Å². The highest BCUT2D eigenvalue weighted by Gasteiger charge is 2.34. The fourth-order valence-corrected chi connectivity index (χ4v) is 2.35. The van der Waals surface area contributed by atoms with Crippen molar-refractivity contribution in [2.75, 3.05) is 0 Å². The topological polar surface area (TPSA) is 121 Å². The summed E-state index contributed by atoms with van der Waals surface area (Å²) in [4.78, 5) is 47.2. The highest BCUT2D eigenvalue weighted by molar-refractivity contribution is 6.24. The molecular formula is C17H23NO6. The monoisotopic (exact) mass is 337 g/mol. The van der Waals surface area contributed by atoms with Gasteiger partial charge in [-0.1, -0.05) is 0 Å². The fourth-order valence-electron chi connectivity index (χ4n) is 2.35. The number of carboxylic acids is 1. The molecule has 0 aromatic carbocycles. The van der Waals surface area contributed by atoms with Crippen LogP contribution in [0, 0.1) is 0 Å². The number of rotatable bonds is 6. The first-order chi connectivity index (χ1) is 10.9. The van der Waals surface area contributed by atoms with E-state index in [1.807, 2.05) is 0 Å². The maximum absolute atomic E-state index is 12.3. The van der Waals surface area contributed by atoms with Crippen molar-refractivity contribution in [2.45, 2.75) is 59.1 Å². The molecule has 2 unspecified atom stereocenters. The van der Waals surface area contributed by atoms with Crippen LogP contribution < -0.4 is 5.32 Å². The molecular weight excluding hydrogens is 314 g/mol. The summed E-state index contributed by atoms with van der Waals surface area (Å²) in [5.41, 5.74) is -0.490. The van der Waals surface area contributed by atoms with Gasteiger partial charge in [-0.25, -0.2) is 0 Å². The van der Waals surface area contributed by atoms with Gasteiger partial charge >= 0.3 is 5.97 Å². The van der Waals surface area contributed by atoms with Gasteiger partial charge in [0, 0.05) is 22.3 Å². The van der Waals surface area contributed by atoms with Crippen LogP contribution >= 0.6 is 0 Å². The second-order valence-electron chi connectivity index (χ2n) is 6.32. The number of amides is 1. The largest absolute Gasteiger partial charge is 0.480 e. The van der Waals surface area contributed by atoms with Crippen LogP contribution in [-0.4, -0.2) is 45.3 Å². The lowest BCUT2D eigenvalue weighted by Gasteiger charge is -2.25. The molecule has 0 heterocycles. The Morgan fingerprint density at radius 2 is 1.58 bits per heavy atom. The fraction of sp³-hybridized carbons (Fsp3) is 0.529. The number of aliphatic carboxylic acids is 1. The number of Topliss-reactive ketones (excluding diaryl/α,β-unsaturated/α-hetero) is 2. The third-order valence-electron chi connectivity index (χ3n) is 4.38. The van der Waals surface area contributed by atoms with E-state index in [1.165, 1.54) is 13.8 Å². The van der Waals surface area contributed by atoms with Crippen molar-refractivity contribution in [3.8, 4) is 0 Å². The molecule has 2 atom stereocenters. The molecule has 1 amide bonds. The van der Waals surface area contributed by atoms with Gasteiger partial charge in [0.15, 0.2) is 11.6 Å². The molecule has 0 fully saturated rings. The molecule has 0 aromatic heterocycles. The van der Waals surface area contributed by atoms with Crippen LogP contribution in [0.1, 0.15) is 47.5 Å². The number of ketones is 2. The van der Waals surface area contributed by atoms with Crippen molar-refractivity contribution in [1.82, 2.24) is 5.32 Å². The molecule has 1 aliphatic rings. The zero-order chi connectivity index (χ0) is 18.8. The van der Waals surface area contributed by atoms with Crippen LogP contribution in [0.2, 0.25) is 0 Å². The van der Waals surface area contributed by atoms with Gasteiger partial charge in [-0.05, 0) is 47.5 Å². The predicted molar refractivity (Wildman–Crippen MR) is 86.2 cm³/mol. The minimum absolute atomic E-state index is 0.0445. The van der Waals surface area contributed by atoms with Crippen LogP contribution in [-0.2, 0) is 19.2 Å². The Kier molecular flexibility index (Phi) is 5.84. The molecule has 0 saturated carbocycles. The Balaban J connectivity index is 2.87. The van der Waals surface area contributed by atoms with E-state index in [0.29, 0.717) is 16.7 Å². The van der Waals surface area contributed by atoms with Crippen LogP contribution in [0.4, 0.5) is 0 Å². The van der Waals surface area contributed by atoms with Crippen molar-refractivity contribution in [2.24, 2.45) is 0 Å². The Bertz CT molecular complexity index is 669. The van der Waals surface area contributed by atoms with E-state index < -0.39 is 23.5 Å². The molecule has 3 N–H and O–H groups in total. The van der Waals surface area contributed by atoms with Crippen molar-refractivity contribution in [3.63, 3.8) is 0 Å². The molecule has 7 heteroatoms. The van der Waals surface area contributed by atoms with Gasteiger partial charge in [-0.3, -0.25) is 19.2 Å². The average molecular weight is 337 g/mol. The second-order valence-corrected chi connectivity index (χ2v) is 6.32. The van der Waals surface area contributed by atoms with Gasteiger partial charge in [0.2, 0.25) is 0 Å². The van der Waals surface area contributed by atoms with Gasteiger partial charge in [0.05, 0.1) is 0 Å². The second kappa shape index (κ2) is 7.09. The zero-order valence-corrected chi connectivity index (χ0v) is 14.5. The molecule has 24 heavy (non-hydrogen) atoms. The van der Waals surface area contributed by atoms with Gasteiger partial charge in [0.25, 0.3) is 5.91 Å². The number of aliphatic hydroxyl groups is 1. The molecule has 7 nitrogen and oxygen atoms in total. The summed E-state index contributed by atoms with van der Waals surface area (Å²) in [5.74, 6) is -2.54. The van der Waals surface area contributed by atoms with Gasteiger partial charge in [-0.15, -0.1) is 0 Å². The molecule has 0 spiro atoms. The lowest BCUT2D eigenvalue weighted by molar-refractivity contribution is -0.146. The van der Waals surface area contributed by atoms with Gasteiger partial charge in [0.1, 0.15) is 11.6 Å². The maximum Gasteiger partial charge on any atom is 0.325 e. The lowest BCUT2D eigenvalue weighted by atomic mass is 9.82. The number of hydrogen-bond donors (Lipinski definition) is 3. The van der Waals surface area contributed by atoms with Gasteiger partial charge < -0.3 is 15.5 Å². The Morgan fingerprint density at radius 3 is 2.08 bits per heavy atom. The van der Waals surface area contributed by atoms with Crippen LogP contribution in [0.3, 0.4) is 0 Å². The summed E-state index contributed by atoms with van der Waals surface area (Å²) in [6.07, 6.45) is -0.0634. The highest BCUT2D eigenvalue weighted by Crippen LogP contribution is 2.28. The Hall–Kier alpha value is -2.28. The standard InChI is InChI=1S/C17H23NO6/c1-8-9(2)14(20)12(10(3)13(8)19)6-7-17(5,24)16(23)18-11(4)15(21)22/h11,24H,6-7H2,1-5H3,(H,18,23)(H,21,22). The molecule has 0 saturated heterocycles. The SMILES string of the molecule is CC1=C(C)C(=O)C(CCC(C)(O)C(=O)NC(C)C(=O)O)=C(C)C1=O. The van der Waals surface area contributed by atoms with E-state index in [0.717, 1.165) is 0 Å². The van der Waals surface area contributed by atoms with Crippen molar-refractivity contribution >= 4 is 23.4 Å². The Morgan fingerprint density at radius 1 is 1.08 bits per heavy atom. The number of carboxylic acid groups (broad SMARTS) is 1. The number of allylic oxidation sites excluding steroid dienone is 4. The minimum Gasteiger partial charge on any atom is -0.480 e. The van der Waals surface area contributed by atoms with Crippen molar-refractivity contribution in [1.29, 1.82) is 0 Å². The van der Waals surface area contributed by atoms with E-state index >= 15 is 0 Å². The number of carbonyl (C=O) groups is 4. The van der Waals surface area contributed by atoms with E-state index in [-0.39, 0.29) is 30.0 Å². The molecule has 1 aliphatic carbocycles. The zero-order valence-electron chi connectivity index (χ0n) is 14.5. The number of hydrogen-bond acceptors (Lipinski definition) is 5. The highest BCUT2D eigenvalue weighted by atomic mass is 16.4. The normalized spacial score (nSPS) is 19.2. The van der Waals surface area contributed by atoms with E-state index in [9.17, 15) is 24.3 Å². The van der Waals surface area contributed by atoms with Gasteiger partial charge in [-0.2, -0.15) is 0 Å². The number of carbonyl (C=O) groups excluding carboxylic acids is 3. The first-order valence-corrected chi connectivity index (χ1v) is 7.63. The van der Waals surface area contributed by atoms with Crippen molar-refractivity contribution in [3.05, 3.63) is 22.3 Å². The first-order valence-electron chi connectivity index (χ1n) is 7.63. The summed E-state index contributed by atoms with van der Waals surface area (Å²) in [6, 6.07) is -1.14. The number of nitrogens with one attached hydrogen (secondary N) is 1. The predicted octanol–water partition coefficient (Wildman–Crippen LogP) is 0.912. The summed E-state index contributed by atoms with van der Waals surface area (Å²) < 4.78 is 0. The first kappa shape index (κ1) is 19.8. The molecule has 0 aliphatic heterocycles. The van der Waals surface area contributed by atoms with E-state index in [4.69, 9.17) is 5.11 Å². The summed E-state index contributed by atoms with van der Waals surface area (Å²) >= 11 is 0. The summed E-state index contributed by atoms with van der Waals surface area (Å²) in [7, 11) is 0. The molecule has 132 valence electrons. The van der Waals surface area contributed by atoms with Crippen molar-refractivity contribution < 1.29 is 29.4 Å². The minimum atomic E-state index is -1.86. The lowest BCUT2D eigenvalue weighted by Crippen LogP contribution is -2.50. The van der Waals surface area contributed by atoms with Crippen LogP contribution in [0.25, 0.3) is 0 Å². The Labute approximate surface area is 140 Å². The third kappa shape index (κ3) is 3.97. The average Bonchev–Trinajstić information content (AvgIpc) is 2.50. The van der Waals surface area contributed by atoms with Crippen LogP contribution in [0.5, 0.6) is 0 Å². The molecule has 1 rings (SSSR count). The molecule has 0 aromatic rings. The van der Waals surface area contributed by atoms with E-state index in [1.54, 1.807) is 20.8 Å². The molecule has 0 bridgehead atoms. The third-order valence-corrected chi connectivity index (χ3v) is 4.38. The van der Waals surface area contributed by atoms with E-state index in [2.05, 4.69) is 5.32 Å². The quantitative estimate of drug-likeness (QED) is 0.620. The summed E-state index contributed by atoms with van der Waals surface area (Å²) in [6.45, 7) is 7.24. The maximum atomic E-state index is 12.3.